The predicted octanol–water partition coefficient (Wildman–Crippen LogP) is 2.00. The Morgan fingerprint density at radius 2 is 2.00 bits per heavy atom. The highest BCUT2D eigenvalue weighted by molar-refractivity contribution is 7.22. The Morgan fingerprint density at radius 3 is 2.75 bits per heavy atom. The first-order valence-corrected chi connectivity index (χ1v) is 12.4. The molecular formula is C22H32N6O3S. The molecule has 0 spiro atoms. The van der Waals surface area contributed by atoms with E-state index in [0.29, 0.717) is 28.6 Å². The number of thiazole rings is 1. The van der Waals surface area contributed by atoms with Gasteiger partial charge in [-0.1, -0.05) is 30.6 Å². The van der Waals surface area contributed by atoms with E-state index in [4.69, 9.17) is 0 Å². The molecule has 1 atom stereocenters. The van der Waals surface area contributed by atoms with Crippen molar-refractivity contribution in [1.82, 2.24) is 24.8 Å². The molecule has 2 fully saturated rings. The second kappa shape index (κ2) is 9.97. The van der Waals surface area contributed by atoms with Crippen molar-refractivity contribution in [2.75, 3.05) is 31.6 Å². The molecule has 10 heteroatoms. The largest absolute Gasteiger partial charge is 0.356 e. The molecule has 1 aliphatic carbocycles. The van der Waals surface area contributed by atoms with Crippen LogP contribution >= 0.6 is 11.3 Å². The topological polar surface area (TPSA) is 100 Å². The average molecular weight is 461 g/mol. The van der Waals surface area contributed by atoms with E-state index in [2.05, 4.69) is 20.2 Å². The first kappa shape index (κ1) is 22.7. The highest BCUT2D eigenvalue weighted by Gasteiger charge is 2.28. The zero-order valence-corrected chi connectivity index (χ0v) is 19.7. The summed E-state index contributed by atoms with van der Waals surface area (Å²) < 4.78 is 1.84. The lowest BCUT2D eigenvalue weighted by Crippen LogP contribution is -2.43. The van der Waals surface area contributed by atoms with Gasteiger partial charge in [0.25, 0.3) is 5.56 Å². The van der Waals surface area contributed by atoms with Crippen LogP contribution in [-0.2, 0) is 16.1 Å². The molecule has 3 heterocycles. The molecule has 1 saturated carbocycles. The van der Waals surface area contributed by atoms with Crippen molar-refractivity contribution in [2.24, 2.45) is 5.92 Å². The Kier molecular flexibility index (Phi) is 7.07. The maximum absolute atomic E-state index is 13.1. The van der Waals surface area contributed by atoms with Gasteiger partial charge in [-0.05, 0) is 32.6 Å². The SMILES string of the molecule is CCNC(=O)[C@H]1CCCN(c2nc3ncn(CC(=O)N(C)C4CCCCC4)c(=O)c3s2)C1. The van der Waals surface area contributed by atoms with Crippen LogP contribution in [0.4, 0.5) is 5.13 Å². The molecule has 0 radical (unpaired) electrons. The van der Waals surface area contributed by atoms with Gasteiger partial charge in [0.2, 0.25) is 11.8 Å². The maximum atomic E-state index is 13.1. The van der Waals surface area contributed by atoms with Crippen LogP contribution in [0.25, 0.3) is 10.3 Å². The number of piperidine rings is 1. The highest BCUT2D eigenvalue weighted by atomic mass is 32.1. The Morgan fingerprint density at radius 1 is 1.22 bits per heavy atom. The Balaban J connectivity index is 1.49. The summed E-state index contributed by atoms with van der Waals surface area (Å²) >= 11 is 1.30. The lowest BCUT2D eigenvalue weighted by atomic mass is 9.94. The molecule has 2 aromatic rings. The minimum atomic E-state index is -0.235. The molecular weight excluding hydrogens is 428 g/mol. The number of rotatable bonds is 6. The molecule has 0 aromatic carbocycles. The van der Waals surface area contributed by atoms with E-state index in [0.717, 1.165) is 45.1 Å². The molecule has 2 amide bonds. The summed E-state index contributed by atoms with van der Waals surface area (Å²) in [6.45, 7) is 3.92. The molecule has 4 rings (SSSR count). The van der Waals surface area contributed by atoms with Crippen molar-refractivity contribution in [3.05, 3.63) is 16.7 Å². The molecule has 174 valence electrons. The van der Waals surface area contributed by atoms with Gasteiger partial charge in [0, 0.05) is 32.7 Å². The van der Waals surface area contributed by atoms with E-state index in [1.54, 1.807) is 4.90 Å². The molecule has 9 nitrogen and oxygen atoms in total. The third-order valence-electron chi connectivity index (χ3n) is 6.61. The van der Waals surface area contributed by atoms with Gasteiger partial charge in [0.15, 0.2) is 10.8 Å². The van der Waals surface area contributed by atoms with Crippen molar-refractivity contribution < 1.29 is 9.59 Å². The van der Waals surface area contributed by atoms with E-state index < -0.39 is 0 Å². The standard InChI is InChI=1S/C22H32N6O3S/c1-3-23-20(30)15-8-7-11-27(12-15)22-25-19-18(32-22)21(31)28(14-24-19)13-17(29)26(2)16-9-5-4-6-10-16/h14-16H,3-13H2,1-2H3,(H,23,30)/t15-/m0/s1. The average Bonchev–Trinajstić information content (AvgIpc) is 3.26. The third kappa shape index (κ3) is 4.79. The smallest absolute Gasteiger partial charge is 0.273 e. The number of likely N-dealkylation sites (N-methyl/N-ethyl adjacent to an activating group) is 1. The van der Waals surface area contributed by atoms with Crippen LogP contribution in [0.5, 0.6) is 0 Å². The summed E-state index contributed by atoms with van der Waals surface area (Å²) in [5.74, 6) is -0.0710. The summed E-state index contributed by atoms with van der Waals surface area (Å²) in [5, 5.41) is 3.61. The molecule has 2 aliphatic rings. The van der Waals surface area contributed by atoms with Crippen LogP contribution in [0.2, 0.25) is 0 Å². The zero-order valence-electron chi connectivity index (χ0n) is 18.9. The second-order valence-electron chi connectivity index (χ2n) is 8.80. The van der Waals surface area contributed by atoms with E-state index in [-0.39, 0.29) is 35.9 Å². The van der Waals surface area contributed by atoms with Crippen LogP contribution in [0.15, 0.2) is 11.1 Å². The summed E-state index contributed by atoms with van der Waals surface area (Å²) in [5.41, 5.74) is 0.167. The number of carbonyl (C=O) groups excluding carboxylic acids is 2. The molecule has 32 heavy (non-hydrogen) atoms. The molecule has 1 saturated heterocycles. The number of nitrogens with one attached hydrogen (secondary N) is 1. The Bertz CT molecular complexity index is 1030. The fourth-order valence-corrected chi connectivity index (χ4v) is 5.70. The van der Waals surface area contributed by atoms with Gasteiger partial charge in [-0.15, -0.1) is 0 Å². The summed E-state index contributed by atoms with van der Waals surface area (Å²) in [4.78, 5) is 50.9. The Hall–Kier alpha value is -2.49. The summed E-state index contributed by atoms with van der Waals surface area (Å²) in [6, 6.07) is 0.260. The number of carbonyl (C=O) groups is 2. The van der Waals surface area contributed by atoms with Crippen molar-refractivity contribution in [1.29, 1.82) is 0 Å². The van der Waals surface area contributed by atoms with Gasteiger partial charge in [-0.3, -0.25) is 19.0 Å². The first-order valence-electron chi connectivity index (χ1n) is 11.6. The van der Waals surface area contributed by atoms with Crippen LogP contribution in [0.3, 0.4) is 0 Å². The number of amides is 2. The van der Waals surface area contributed by atoms with Crippen LogP contribution in [-0.4, -0.2) is 64.0 Å². The van der Waals surface area contributed by atoms with Gasteiger partial charge in [-0.25, -0.2) is 4.98 Å². The number of hydrogen-bond acceptors (Lipinski definition) is 7. The fraction of sp³-hybridized carbons (Fsp3) is 0.682. The van der Waals surface area contributed by atoms with E-state index in [1.807, 2.05) is 14.0 Å². The van der Waals surface area contributed by atoms with Gasteiger partial charge in [-0.2, -0.15) is 4.98 Å². The van der Waals surface area contributed by atoms with Gasteiger partial charge < -0.3 is 15.1 Å². The summed E-state index contributed by atoms with van der Waals surface area (Å²) in [7, 11) is 1.83. The van der Waals surface area contributed by atoms with Crippen molar-refractivity contribution in [3.63, 3.8) is 0 Å². The van der Waals surface area contributed by atoms with E-state index >= 15 is 0 Å². The molecule has 0 unspecified atom stereocenters. The predicted molar refractivity (Wildman–Crippen MR) is 125 cm³/mol. The number of nitrogens with zero attached hydrogens (tertiary/aromatic N) is 5. The molecule has 0 bridgehead atoms. The van der Waals surface area contributed by atoms with Crippen molar-refractivity contribution in [3.8, 4) is 0 Å². The van der Waals surface area contributed by atoms with E-state index in [9.17, 15) is 14.4 Å². The quantitative estimate of drug-likeness (QED) is 0.708. The van der Waals surface area contributed by atoms with Gasteiger partial charge in [0.1, 0.15) is 17.6 Å². The third-order valence-corrected chi connectivity index (χ3v) is 7.70. The van der Waals surface area contributed by atoms with Gasteiger partial charge in [0.05, 0.1) is 5.92 Å². The van der Waals surface area contributed by atoms with Crippen LogP contribution < -0.4 is 15.8 Å². The normalized spacial score (nSPS) is 19.8. The second-order valence-corrected chi connectivity index (χ2v) is 9.78. The number of aromatic nitrogens is 3. The highest BCUT2D eigenvalue weighted by Crippen LogP contribution is 2.29. The minimum absolute atomic E-state index is 0.00894. The number of fused-ring (bicyclic) bond motifs is 1. The maximum Gasteiger partial charge on any atom is 0.273 e. The monoisotopic (exact) mass is 460 g/mol. The van der Waals surface area contributed by atoms with Crippen LogP contribution in [0, 0.1) is 5.92 Å². The molecule has 2 aromatic heterocycles. The van der Waals surface area contributed by atoms with Crippen molar-refractivity contribution in [2.45, 2.75) is 64.5 Å². The minimum Gasteiger partial charge on any atom is -0.356 e. The van der Waals surface area contributed by atoms with E-state index in [1.165, 1.54) is 28.7 Å². The zero-order chi connectivity index (χ0) is 22.7. The molecule has 1 N–H and O–H groups in total. The number of hydrogen-bond donors (Lipinski definition) is 1. The first-order chi connectivity index (χ1) is 15.5. The lowest BCUT2D eigenvalue weighted by Gasteiger charge is -2.31. The van der Waals surface area contributed by atoms with Crippen molar-refractivity contribution >= 4 is 38.6 Å². The number of anilines is 1. The lowest BCUT2D eigenvalue weighted by molar-refractivity contribution is -0.133. The molecule has 1 aliphatic heterocycles. The van der Waals surface area contributed by atoms with Crippen LogP contribution in [0.1, 0.15) is 51.9 Å². The Labute approximate surface area is 191 Å². The summed E-state index contributed by atoms with van der Waals surface area (Å²) in [6.07, 6.45) is 8.77. The fourth-order valence-electron chi connectivity index (χ4n) is 4.70. The van der Waals surface area contributed by atoms with Gasteiger partial charge >= 0.3 is 0 Å².